The van der Waals surface area contributed by atoms with Gasteiger partial charge >= 0.3 is 0 Å². The van der Waals surface area contributed by atoms with Crippen molar-refractivity contribution >= 4 is 17.5 Å². The number of aromatic nitrogens is 1. The molecule has 3 rings (SSSR count). The third-order valence-corrected chi connectivity index (χ3v) is 5.32. The Kier molecular flexibility index (Phi) is 7.14. The van der Waals surface area contributed by atoms with E-state index in [1.165, 1.54) is 6.20 Å². The standard InChI is InChI=1S/C22H28N4O2/c1-16(18-8-11-23-12-9-18)13-21(27)25-14-17-4-6-20(7-5-17)26-22(28)19-3-2-10-24-15-19/h2-7,10,15-16,18,23H,8-9,11-14H2,1H3,(H,25,27)(H,26,28). The number of piperidine rings is 1. The summed E-state index contributed by atoms with van der Waals surface area (Å²) in [5.41, 5.74) is 2.23. The van der Waals surface area contributed by atoms with Gasteiger partial charge in [-0.25, -0.2) is 0 Å². The molecule has 0 radical (unpaired) electrons. The first-order chi connectivity index (χ1) is 13.6. The van der Waals surface area contributed by atoms with E-state index >= 15 is 0 Å². The van der Waals surface area contributed by atoms with Gasteiger partial charge in [0.2, 0.25) is 5.91 Å². The van der Waals surface area contributed by atoms with Gasteiger partial charge in [0.1, 0.15) is 0 Å². The molecule has 0 spiro atoms. The summed E-state index contributed by atoms with van der Waals surface area (Å²) >= 11 is 0. The number of carbonyl (C=O) groups excluding carboxylic acids is 2. The molecular weight excluding hydrogens is 352 g/mol. The maximum atomic E-state index is 12.2. The van der Waals surface area contributed by atoms with E-state index in [0.29, 0.717) is 36.1 Å². The number of hydrogen-bond donors (Lipinski definition) is 3. The summed E-state index contributed by atoms with van der Waals surface area (Å²) in [5.74, 6) is 0.947. The third-order valence-electron chi connectivity index (χ3n) is 5.32. The Hall–Kier alpha value is -2.73. The Bertz CT molecular complexity index is 771. The van der Waals surface area contributed by atoms with E-state index in [2.05, 4.69) is 27.9 Å². The monoisotopic (exact) mass is 380 g/mol. The molecular formula is C22H28N4O2. The van der Waals surface area contributed by atoms with Crippen LogP contribution in [-0.2, 0) is 11.3 Å². The van der Waals surface area contributed by atoms with Crippen molar-refractivity contribution in [1.82, 2.24) is 15.6 Å². The van der Waals surface area contributed by atoms with E-state index in [-0.39, 0.29) is 11.8 Å². The van der Waals surface area contributed by atoms with E-state index in [1.54, 1.807) is 18.3 Å². The summed E-state index contributed by atoms with van der Waals surface area (Å²) in [7, 11) is 0. The molecule has 6 heteroatoms. The van der Waals surface area contributed by atoms with Crippen molar-refractivity contribution in [2.75, 3.05) is 18.4 Å². The lowest BCUT2D eigenvalue weighted by Crippen LogP contribution is -2.33. The minimum absolute atomic E-state index is 0.0972. The fraction of sp³-hybridized carbons (Fsp3) is 0.409. The van der Waals surface area contributed by atoms with Gasteiger partial charge in [-0.05, 0) is 67.6 Å². The average molecular weight is 380 g/mol. The van der Waals surface area contributed by atoms with Crippen LogP contribution in [0.2, 0.25) is 0 Å². The summed E-state index contributed by atoms with van der Waals surface area (Å²) in [6.07, 6.45) is 6.04. The van der Waals surface area contributed by atoms with Crippen molar-refractivity contribution in [3.8, 4) is 0 Å². The Balaban J connectivity index is 1.43. The lowest BCUT2D eigenvalue weighted by Gasteiger charge is -2.27. The number of pyridine rings is 1. The fourth-order valence-electron chi connectivity index (χ4n) is 3.55. The molecule has 148 valence electrons. The molecule has 1 aromatic carbocycles. The van der Waals surface area contributed by atoms with Crippen molar-refractivity contribution < 1.29 is 9.59 Å². The van der Waals surface area contributed by atoms with Crippen LogP contribution in [0.15, 0.2) is 48.8 Å². The fourth-order valence-corrected chi connectivity index (χ4v) is 3.55. The predicted octanol–water partition coefficient (Wildman–Crippen LogP) is 2.98. The van der Waals surface area contributed by atoms with Gasteiger partial charge in [-0.3, -0.25) is 14.6 Å². The van der Waals surface area contributed by atoms with Crippen LogP contribution in [0.25, 0.3) is 0 Å². The van der Waals surface area contributed by atoms with Gasteiger partial charge in [0, 0.05) is 31.0 Å². The number of amides is 2. The molecule has 1 atom stereocenters. The van der Waals surface area contributed by atoms with Crippen molar-refractivity contribution in [3.05, 3.63) is 59.9 Å². The molecule has 28 heavy (non-hydrogen) atoms. The Labute approximate surface area is 166 Å². The number of anilines is 1. The maximum Gasteiger partial charge on any atom is 0.257 e. The highest BCUT2D eigenvalue weighted by atomic mass is 16.2. The minimum Gasteiger partial charge on any atom is -0.352 e. The van der Waals surface area contributed by atoms with Gasteiger partial charge < -0.3 is 16.0 Å². The molecule has 1 saturated heterocycles. The molecule has 1 aliphatic heterocycles. The molecule has 1 unspecified atom stereocenters. The Morgan fingerprint density at radius 1 is 1.18 bits per heavy atom. The highest BCUT2D eigenvalue weighted by Crippen LogP contribution is 2.24. The lowest BCUT2D eigenvalue weighted by atomic mass is 9.84. The molecule has 2 heterocycles. The number of hydrogen-bond acceptors (Lipinski definition) is 4. The van der Waals surface area contributed by atoms with Crippen LogP contribution in [0.4, 0.5) is 5.69 Å². The Morgan fingerprint density at radius 3 is 2.61 bits per heavy atom. The van der Waals surface area contributed by atoms with Crippen LogP contribution >= 0.6 is 0 Å². The van der Waals surface area contributed by atoms with Crippen LogP contribution in [-0.4, -0.2) is 29.9 Å². The number of nitrogens with zero attached hydrogens (tertiary/aromatic N) is 1. The predicted molar refractivity (Wildman–Crippen MR) is 110 cm³/mol. The highest BCUT2D eigenvalue weighted by Gasteiger charge is 2.21. The molecule has 1 fully saturated rings. The van der Waals surface area contributed by atoms with Crippen molar-refractivity contribution in [2.45, 2.75) is 32.7 Å². The third kappa shape index (κ3) is 5.89. The van der Waals surface area contributed by atoms with Crippen molar-refractivity contribution in [1.29, 1.82) is 0 Å². The molecule has 2 aromatic rings. The molecule has 1 aliphatic rings. The molecule has 6 nitrogen and oxygen atoms in total. The summed E-state index contributed by atoms with van der Waals surface area (Å²) in [6, 6.07) is 11.0. The topological polar surface area (TPSA) is 83.1 Å². The smallest absolute Gasteiger partial charge is 0.257 e. The minimum atomic E-state index is -0.193. The SMILES string of the molecule is CC(CC(=O)NCc1ccc(NC(=O)c2cccnc2)cc1)C1CCNCC1. The van der Waals surface area contributed by atoms with Gasteiger partial charge in [-0.15, -0.1) is 0 Å². The molecule has 3 N–H and O–H groups in total. The highest BCUT2D eigenvalue weighted by molar-refractivity contribution is 6.03. The van der Waals surface area contributed by atoms with Crippen LogP contribution in [0.5, 0.6) is 0 Å². The normalized spacial score (nSPS) is 15.6. The quantitative estimate of drug-likeness (QED) is 0.690. The van der Waals surface area contributed by atoms with E-state index in [9.17, 15) is 9.59 Å². The molecule has 0 bridgehead atoms. The second-order valence-corrected chi connectivity index (χ2v) is 7.44. The zero-order chi connectivity index (χ0) is 19.8. The number of rotatable bonds is 7. The van der Waals surface area contributed by atoms with Crippen molar-refractivity contribution in [3.63, 3.8) is 0 Å². The first-order valence-electron chi connectivity index (χ1n) is 9.89. The first-order valence-corrected chi connectivity index (χ1v) is 9.89. The van der Waals surface area contributed by atoms with Gasteiger partial charge in [-0.2, -0.15) is 0 Å². The maximum absolute atomic E-state index is 12.2. The van der Waals surface area contributed by atoms with Crippen LogP contribution in [0, 0.1) is 11.8 Å². The van der Waals surface area contributed by atoms with Crippen molar-refractivity contribution in [2.24, 2.45) is 11.8 Å². The van der Waals surface area contributed by atoms with Crippen LogP contribution < -0.4 is 16.0 Å². The van der Waals surface area contributed by atoms with Gasteiger partial charge in [0.05, 0.1) is 5.56 Å². The second kappa shape index (κ2) is 9.99. The van der Waals surface area contributed by atoms with Gasteiger partial charge in [0.15, 0.2) is 0 Å². The second-order valence-electron chi connectivity index (χ2n) is 7.44. The number of benzene rings is 1. The van der Waals surface area contributed by atoms with E-state index < -0.39 is 0 Å². The van der Waals surface area contributed by atoms with Gasteiger partial charge in [-0.1, -0.05) is 19.1 Å². The zero-order valence-electron chi connectivity index (χ0n) is 16.3. The summed E-state index contributed by atoms with van der Waals surface area (Å²) in [6.45, 7) is 4.78. The molecule has 2 amide bonds. The summed E-state index contributed by atoms with van der Waals surface area (Å²) in [5, 5.41) is 9.21. The lowest BCUT2D eigenvalue weighted by molar-refractivity contribution is -0.122. The molecule has 0 saturated carbocycles. The summed E-state index contributed by atoms with van der Waals surface area (Å²) in [4.78, 5) is 28.3. The Morgan fingerprint density at radius 2 is 1.93 bits per heavy atom. The first kappa shape index (κ1) is 20.0. The largest absolute Gasteiger partial charge is 0.352 e. The van der Waals surface area contributed by atoms with E-state index in [4.69, 9.17) is 0 Å². The number of carbonyl (C=O) groups is 2. The average Bonchev–Trinajstić information content (AvgIpc) is 2.74. The molecule has 0 aliphatic carbocycles. The van der Waals surface area contributed by atoms with Crippen LogP contribution in [0.1, 0.15) is 42.1 Å². The van der Waals surface area contributed by atoms with Gasteiger partial charge in [0.25, 0.3) is 5.91 Å². The number of nitrogens with one attached hydrogen (secondary N) is 3. The summed E-state index contributed by atoms with van der Waals surface area (Å²) < 4.78 is 0. The van der Waals surface area contributed by atoms with E-state index in [1.807, 2.05) is 24.3 Å². The molecule has 1 aromatic heterocycles. The van der Waals surface area contributed by atoms with Crippen LogP contribution in [0.3, 0.4) is 0 Å². The van der Waals surface area contributed by atoms with E-state index in [0.717, 1.165) is 31.5 Å². The zero-order valence-corrected chi connectivity index (χ0v) is 16.3.